The maximum Gasteiger partial charge on any atom is 0.237 e. The van der Waals surface area contributed by atoms with Gasteiger partial charge in [-0.05, 0) is 30.5 Å². The third-order valence-electron chi connectivity index (χ3n) is 5.02. The van der Waals surface area contributed by atoms with E-state index < -0.39 is 6.10 Å². The van der Waals surface area contributed by atoms with E-state index in [4.69, 9.17) is 9.47 Å². The summed E-state index contributed by atoms with van der Waals surface area (Å²) in [7, 11) is 3.28. The Kier molecular flexibility index (Phi) is 6.54. The van der Waals surface area contributed by atoms with Gasteiger partial charge in [-0.15, -0.1) is 0 Å². The molecule has 1 aliphatic rings. The fourth-order valence-electron chi connectivity index (χ4n) is 3.73. The van der Waals surface area contributed by atoms with Crippen molar-refractivity contribution in [2.45, 2.75) is 25.5 Å². The number of hydrogen-bond acceptors (Lipinski definition) is 5. The van der Waals surface area contributed by atoms with Gasteiger partial charge in [-0.2, -0.15) is 0 Å². The molecule has 0 spiro atoms. The maximum absolute atomic E-state index is 13.0. The van der Waals surface area contributed by atoms with Crippen LogP contribution in [0.25, 0.3) is 0 Å². The minimum atomic E-state index is -0.493. The van der Waals surface area contributed by atoms with Crippen molar-refractivity contribution in [3.05, 3.63) is 59.2 Å². The standard InChI is InChI=1S/C22H28N2O4/c1-15(25)13-23-14-20(26)24-10-9-17-11-18(27-2)12-19(28-3)21(17)22(24)16-7-5-4-6-8-16/h4-8,11-12,15,22-23,25H,9-10,13-14H2,1-3H3/t15-,22?/m1/s1. The highest BCUT2D eigenvalue weighted by Crippen LogP contribution is 2.42. The molecule has 0 saturated heterocycles. The number of ether oxygens (including phenoxy) is 2. The van der Waals surface area contributed by atoms with E-state index in [2.05, 4.69) is 5.32 Å². The lowest BCUT2D eigenvalue weighted by atomic mass is 9.87. The van der Waals surface area contributed by atoms with E-state index in [-0.39, 0.29) is 18.5 Å². The molecule has 0 bridgehead atoms. The number of amides is 1. The molecule has 1 heterocycles. The zero-order chi connectivity index (χ0) is 20.1. The van der Waals surface area contributed by atoms with Crippen molar-refractivity contribution in [3.8, 4) is 11.5 Å². The topological polar surface area (TPSA) is 71.0 Å². The van der Waals surface area contributed by atoms with Crippen molar-refractivity contribution in [2.75, 3.05) is 33.9 Å². The first kappa shape index (κ1) is 20.2. The molecule has 28 heavy (non-hydrogen) atoms. The molecule has 1 amide bonds. The Labute approximate surface area is 166 Å². The highest BCUT2D eigenvalue weighted by atomic mass is 16.5. The number of fused-ring (bicyclic) bond motifs is 1. The van der Waals surface area contributed by atoms with Crippen LogP contribution >= 0.6 is 0 Å². The molecular formula is C22H28N2O4. The average molecular weight is 384 g/mol. The summed E-state index contributed by atoms with van der Waals surface area (Å²) in [4.78, 5) is 14.9. The summed E-state index contributed by atoms with van der Waals surface area (Å²) in [6.07, 6.45) is 0.237. The lowest BCUT2D eigenvalue weighted by Crippen LogP contribution is -2.45. The molecule has 0 aromatic heterocycles. The van der Waals surface area contributed by atoms with Gasteiger partial charge < -0.3 is 24.8 Å². The molecule has 0 radical (unpaired) electrons. The zero-order valence-corrected chi connectivity index (χ0v) is 16.6. The molecule has 3 rings (SSSR count). The summed E-state index contributed by atoms with van der Waals surface area (Å²) in [5, 5.41) is 12.5. The van der Waals surface area contributed by atoms with E-state index >= 15 is 0 Å². The molecular weight excluding hydrogens is 356 g/mol. The zero-order valence-electron chi connectivity index (χ0n) is 16.6. The monoisotopic (exact) mass is 384 g/mol. The molecule has 1 unspecified atom stereocenters. The van der Waals surface area contributed by atoms with Crippen LogP contribution in [-0.4, -0.2) is 55.9 Å². The Morgan fingerprint density at radius 1 is 1.25 bits per heavy atom. The Balaban J connectivity index is 2.00. The van der Waals surface area contributed by atoms with Gasteiger partial charge in [0.1, 0.15) is 11.5 Å². The van der Waals surface area contributed by atoms with Gasteiger partial charge in [0.15, 0.2) is 0 Å². The van der Waals surface area contributed by atoms with Crippen LogP contribution in [-0.2, 0) is 11.2 Å². The normalized spacial score (nSPS) is 17.0. The van der Waals surface area contributed by atoms with Crippen molar-refractivity contribution < 1.29 is 19.4 Å². The second-order valence-corrected chi connectivity index (χ2v) is 7.03. The highest BCUT2D eigenvalue weighted by molar-refractivity contribution is 5.80. The summed E-state index contributed by atoms with van der Waals surface area (Å²) in [6, 6.07) is 13.7. The molecule has 2 aromatic rings. The Morgan fingerprint density at radius 3 is 2.64 bits per heavy atom. The second kappa shape index (κ2) is 9.08. The van der Waals surface area contributed by atoms with Crippen molar-refractivity contribution in [1.82, 2.24) is 10.2 Å². The quantitative estimate of drug-likeness (QED) is 0.765. The van der Waals surface area contributed by atoms with Crippen LogP contribution in [0.15, 0.2) is 42.5 Å². The van der Waals surface area contributed by atoms with E-state index in [0.717, 1.165) is 34.6 Å². The predicted molar refractivity (Wildman–Crippen MR) is 108 cm³/mol. The molecule has 150 valence electrons. The number of aliphatic hydroxyl groups excluding tert-OH is 1. The maximum atomic E-state index is 13.0. The third kappa shape index (κ3) is 4.29. The smallest absolute Gasteiger partial charge is 0.237 e. The fraction of sp³-hybridized carbons (Fsp3) is 0.409. The lowest BCUT2D eigenvalue weighted by Gasteiger charge is -2.39. The van der Waals surface area contributed by atoms with Gasteiger partial charge in [0.25, 0.3) is 0 Å². The lowest BCUT2D eigenvalue weighted by molar-refractivity contribution is -0.132. The number of carbonyl (C=O) groups excluding carboxylic acids is 1. The molecule has 2 N–H and O–H groups in total. The first-order chi connectivity index (χ1) is 13.5. The summed E-state index contributed by atoms with van der Waals surface area (Å²) in [6.45, 7) is 2.87. The summed E-state index contributed by atoms with van der Waals surface area (Å²) < 4.78 is 11.1. The van der Waals surface area contributed by atoms with E-state index in [1.54, 1.807) is 21.1 Å². The fourth-order valence-corrected chi connectivity index (χ4v) is 3.73. The van der Waals surface area contributed by atoms with Crippen LogP contribution in [0.2, 0.25) is 0 Å². The summed E-state index contributed by atoms with van der Waals surface area (Å²) in [5.74, 6) is 1.47. The number of nitrogens with zero attached hydrogens (tertiary/aromatic N) is 1. The molecule has 1 aliphatic heterocycles. The van der Waals surface area contributed by atoms with Crippen LogP contribution < -0.4 is 14.8 Å². The molecule has 2 atom stereocenters. The summed E-state index contributed by atoms with van der Waals surface area (Å²) in [5.41, 5.74) is 3.17. The van der Waals surface area contributed by atoms with Gasteiger partial charge in [-0.1, -0.05) is 30.3 Å². The number of nitrogens with one attached hydrogen (secondary N) is 1. The Hall–Kier alpha value is -2.57. The number of aliphatic hydroxyl groups is 1. The van der Waals surface area contributed by atoms with E-state index in [9.17, 15) is 9.90 Å². The number of hydrogen-bond donors (Lipinski definition) is 2. The van der Waals surface area contributed by atoms with Crippen LogP contribution in [0.1, 0.15) is 29.7 Å². The van der Waals surface area contributed by atoms with Crippen LogP contribution in [0.4, 0.5) is 0 Å². The SMILES string of the molecule is COc1cc2c(c(OC)c1)C(c1ccccc1)N(C(=O)CNC[C@@H](C)O)CC2. The second-order valence-electron chi connectivity index (χ2n) is 7.03. The highest BCUT2D eigenvalue weighted by Gasteiger charge is 2.34. The summed E-state index contributed by atoms with van der Waals surface area (Å²) >= 11 is 0. The molecule has 0 saturated carbocycles. The minimum Gasteiger partial charge on any atom is -0.497 e. The molecule has 6 nitrogen and oxygen atoms in total. The van der Waals surface area contributed by atoms with Gasteiger partial charge in [-0.25, -0.2) is 0 Å². The molecule has 0 aliphatic carbocycles. The first-order valence-corrected chi connectivity index (χ1v) is 9.53. The van der Waals surface area contributed by atoms with E-state index in [1.165, 1.54) is 0 Å². The third-order valence-corrected chi connectivity index (χ3v) is 5.02. The van der Waals surface area contributed by atoms with E-state index in [1.807, 2.05) is 47.4 Å². The van der Waals surface area contributed by atoms with E-state index in [0.29, 0.717) is 13.1 Å². The van der Waals surface area contributed by atoms with Crippen molar-refractivity contribution >= 4 is 5.91 Å². The Morgan fingerprint density at radius 2 is 2.00 bits per heavy atom. The van der Waals surface area contributed by atoms with Crippen LogP contribution in [0.3, 0.4) is 0 Å². The van der Waals surface area contributed by atoms with Gasteiger partial charge in [0, 0.05) is 24.7 Å². The largest absolute Gasteiger partial charge is 0.497 e. The van der Waals surface area contributed by atoms with Crippen LogP contribution in [0, 0.1) is 0 Å². The van der Waals surface area contributed by atoms with Crippen molar-refractivity contribution in [2.24, 2.45) is 0 Å². The first-order valence-electron chi connectivity index (χ1n) is 9.53. The van der Waals surface area contributed by atoms with Crippen molar-refractivity contribution in [1.29, 1.82) is 0 Å². The average Bonchev–Trinajstić information content (AvgIpc) is 2.72. The van der Waals surface area contributed by atoms with Gasteiger partial charge in [0.05, 0.1) is 32.9 Å². The van der Waals surface area contributed by atoms with Gasteiger partial charge in [0.2, 0.25) is 5.91 Å². The Bertz CT molecular complexity index is 790. The molecule has 0 fully saturated rings. The van der Waals surface area contributed by atoms with Crippen LogP contribution in [0.5, 0.6) is 11.5 Å². The molecule has 2 aromatic carbocycles. The minimum absolute atomic E-state index is 0.00183. The van der Waals surface area contributed by atoms with Gasteiger partial charge in [-0.3, -0.25) is 4.79 Å². The molecule has 6 heteroatoms. The van der Waals surface area contributed by atoms with Crippen molar-refractivity contribution in [3.63, 3.8) is 0 Å². The number of rotatable bonds is 7. The van der Waals surface area contributed by atoms with Gasteiger partial charge >= 0.3 is 0 Å². The predicted octanol–water partition coefficient (Wildman–Crippen LogP) is 2.15. The number of methoxy groups -OCH3 is 2. The number of carbonyl (C=O) groups is 1. The number of benzene rings is 2.